The number of nitrogens with zero attached hydrogens (tertiary/aromatic N) is 1. The molecule has 0 atom stereocenters. The molecule has 104 valence electrons. The predicted molar refractivity (Wildman–Crippen MR) is 71.3 cm³/mol. The van der Waals surface area contributed by atoms with Crippen LogP contribution in [0, 0.1) is 5.82 Å². The van der Waals surface area contributed by atoms with Gasteiger partial charge < -0.3 is 21.7 Å². The normalized spacial score (nSPS) is 10.1. The average molecular weight is 268 g/mol. The molecule has 7 heteroatoms. The smallest absolute Gasteiger partial charge is 0.250 e. The van der Waals surface area contributed by atoms with Gasteiger partial charge >= 0.3 is 0 Å². The zero-order chi connectivity index (χ0) is 14.6. The van der Waals surface area contributed by atoms with Gasteiger partial charge in [-0.2, -0.15) is 0 Å². The molecule has 0 bridgehead atoms. The number of hydrogen-bond donors (Lipinski definition) is 3. The molecular formula is C12H17FN4O2. The van der Waals surface area contributed by atoms with E-state index in [9.17, 15) is 14.0 Å². The summed E-state index contributed by atoms with van der Waals surface area (Å²) in [6, 6.07) is 2.34. The predicted octanol–water partition coefficient (Wildman–Crippen LogP) is 0.0791. The Morgan fingerprint density at radius 1 is 1.42 bits per heavy atom. The maximum atomic E-state index is 13.8. The molecule has 0 aliphatic rings. The van der Waals surface area contributed by atoms with Gasteiger partial charge in [0.1, 0.15) is 5.82 Å². The Hall–Kier alpha value is -2.31. The van der Waals surface area contributed by atoms with Gasteiger partial charge in [-0.3, -0.25) is 9.59 Å². The largest absolute Gasteiger partial charge is 0.398 e. The molecule has 0 spiro atoms. The van der Waals surface area contributed by atoms with Crippen molar-refractivity contribution in [2.24, 2.45) is 5.73 Å². The summed E-state index contributed by atoms with van der Waals surface area (Å²) < 4.78 is 13.8. The molecule has 0 saturated carbocycles. The molecule has 5 N–H and O–H groups in total. The Labute approximate surface area is 110 Å². The number of anilines is 2. The third-order valence-corrected chi connectivity index (χ3v) is 2.75. The van der Waals surface area contributed by atoms with Gasteiger partial charge in [0.15, 0.2) is 0 Å². The van der Waals surface area contributed by atoms with Crippen LogP contribution in [0.1, 0.15) is 16.8 Å². The molecule has 1 aromatic carbocycles. The summed E-state index contributed by atoms with van der Waals surface area (Å²) in [4.78, 5) is 23.8. The molecule has 0 fully saturated rings. The molecule has 2 amide bonds. The maximum absolute atomic E-state index is 13.8. The van der Waals surface area contributed by atoms with E-state index in [1.807, 2.05) is 0 Å². The quantitative estimate of drug-likeness (QED) is 0.658. The van der Waals surface area contributed by atoms with Crippen molar-refractivity contribution in [2.75, 3.05) is 31.3 Å². The Morgan fingerprint density at radius 3 is 2.58 bits per heavy atom. The van der Waals surface area contributed by atoms with Crippen LogP contribution in [0.4, 0.5) is 15.8 Å². The molecule has 0 saturated heterocycles. The number of carbonyl (C=O) groups is 2. The van der Waals surface area contributed by atoms with Crippen LogP contribution in [0.3, 0.4) is 0 Å². The second-order valence-corrected chi connectivity index (χ2v) is 4.10. The van der Waals surface area contributed by atoms with Gasteiger partial charge in [-0.05, 0) is 12.1 Å². The molecule has 0 aliphatic heterocycles. The molecule has 6 nitrogen and oxygen atoms in total. The van der Waals surface area contributed by atoms with E-state index in [0.717, 1.165) is 6.07 Å². The van der Waals surface area contributed by atoms with E-state index in [4.69, 9.17) is 11.5 Å². The van der Waals surface area contributed by atoms with Crippen LogP contribution in [0.5, 0.6) is 0 Å². The minimum atomic E-state index is -0.724. The first-order valence-electron chi connectivity index (χ1n) is 5.67. The number of carbonyl (C=O) groups excluding carboxylic acids is 2. The van der Waals surface area contributed by atoms with Crippen LogP contribution < -0.4 is 21.7 Å². The lowest BCUT2D eigenvalue weighted by Crippen LogP contribution is -2.27. The summed E-state index contributed by atoms with van der Waals surface area (Å²) in [5, 5.41) is 2.47. The molecule has 1 aromatic rings. The minimum Gasteiger partial charge on any atom is -0.398 e. The van der Waals surface area contributed by atoms with Gasteiger partial charge in [0, 0.05) is 32.7 Å². The van der Waals surface area contributed by atoms with Crippen molar-refractivity contribution in [3.63, 3.8) is 0 Å². The fourth-order valence-corrected chi connectivity index (χ4v) is 1.60. The molecule has 0 radical (unpaired) electrons. The van der Waals surface area contributed by atoms with Gasteiger partial charge in [-0.25, -0.2) is 4.39 Å². The highest BCUT2D eigenvalue weighted by Gasteiger charge is 2.15. The average Bonchev–Trinajstić information content (AvgIpc) is 2.35. The Kier molecular flexibility index (Phi) is 4.68. The summed E-state index contributed by atoms with van der Waals surface area (Å²) in [5.74, 6) is -1.45. The summed E-state index contributed by atoms with van der Waals surface area (Å²) in [6.07, 6.45) is 0.211. The SMILES string of the molecule is CNC(=O)CCN(C)c1cc(C(N)=O)c(N)cc1F. The van der Waals surface area contributed by atoms with Gasteiger partial charge in [0.25, 0.3) is 5.91 Å². The molecule has 0 unspecified atom stereocenters. The summed E-state index contributed by atoms with van der Waals surface area (Å²) in [7, 11) is 3.14. The zero-order valence-corrected chi connectivity index (χ0v) is 10.9. The van der Waals surface area contributed by atoms with Crippen molar-refractivity contribution in [3.05, 3.63) is 23.5 Å². The molecule has 19 heavy (non-hydrogen) atoms. The van der Waals surface area contributed by atoms with Crippen LogP contribution >= 0.6 is 0 Å². The number of nitrogen functional groups attached to an aromatic ring is 1. The van der Waals surface area contributed by atoms with Gasteiger partial charge in [-0.15, -0.1) is 0 Å². The summed E-state index contributed by atoms with van der Waals surface area (Å²) in [6.45, 7) is 0.304. The van der Waals surface area contributed by atoms with E-state index >= 15 is 0 Å². The van der Waals surface area contributed by atoms with Crippen LogP contribution in [0.25, 0.3) is 0 Å². The van der Waals surface area contributed by atoms with Crippen molar-refractivity contribution < 1.29 is 14.0 Å². The number of primary amides is 1. The van der Waals surface area contributed by atoms with Crippen molar-refractivity contribution in [3.8, 4) is 0 Å². The van der Waals surface area contributed by atoms with Crippen LogP contribution in [-0.2, 0) is 4.79 Å². The molecule has 0 aliphatic carbocycles. The molecular weight excluding hydrogens is 251 g/mol. The second kappa shape index (κ2) is 6.03. The van der Waals surface area contributed by atoms with Crippen molar-refractivity contribution in [1.29, 1.82) is 0 Å². The maximum Gasteiger partial charge on any atom is 0.250 e. The van der Waals surface area contributed by atoms with Crippen LogP contribution in [0.15, 0.2) is 12.1 Å². The number of halogens is 1. The van der Waals surface area contributed by atoms with E-state index in [1.165, 1.54) is 18.0 Å². The van der Waals surface area contributed by atoms with E-state index in [0.29, 0.717) is 6.54 Å². The monoisotopic (exact) mass is 268 g/mol. The lowest BCUT2D eigenvalue weighted by Gasteiger charge is -2.20. The Morgan fingerprint density at radius 2 is 2.05 bits per heavy atom. The van der Waals surface area contributed by atoms with Crippen LogP contribution in [0.2, 0.25) is 0 Å². The topological polar surface area (TPSA) is 101 Å². The summed E-state index contributed by atoms with van der Waals surface area (Å²) >= 11 is 0. The highest BCUT2D eigenvalue weighted by atomic mass is 19.1. The van der Waals surface area contributed by atoms with Gasteiger partial charge in [0.2, 0.25) is 5.91 Å². The standard InChI is InChI=1S/C12H17FN4O2/c1-16-11(18)3-4-17(2)10-5-7(12(15)19)9(14)6-8(10)13/h5-6H,3-4,14H2,1-2H3,(H2,15,19)(H,16,18). The fraction of sp³-hybridized carbons (Fsp3) is 0.333. The van der Waals surface area contributed by atoms with Crippen LogP contribution in [-0.4, -0.2) is 32.5 Å². The first kappa shape index (κ1) is 14.7. The third-order valence-electron chi connectivity index (χ3n) is 2.75. The van der Waals surface area contributed by atoms with Gasteiger partial charge in [-0.1, -0.05) is 0 Å². The highest BCUT2D eigenvalue weighted by molar-refractivity contribution is 5.99. The molecule has 1 rings (SSSR count). The number of amides is 2. The fourth-order valence-electron chi connectivity index (χ4n) is 1.60. The zero-order valence-electron chi connectivity index (χ0n) is 10.9. The Balaban J connectivity index is 2.96. The number of rotatable bonds is 5. The first-order chi connectivity index (χ1) is 8.86. The minimum absolute atomic E-state index is 0.00606. The van der Waals surface area contributed by atoms with E-state index in [2.05, 4.69) is 5.32 Å². The lowest BCUT2D eigenvalue weighted by molar-refractivity contribution is -0.120. The third kappa shape index (κ3) is 3.57. The van der Waals surface area contributed by atoms with E-state index in [-0.39, 0.29) is 29.3 Å². The number of hydrogen-bond acceptors (Lipinski definition) is 4. The first-order valence-corrected chi connectivity index (χ1v) is 5.67. The number of nitrogens with one attached hydrogen (secondary N) is 1. The lowest BCUT2D eigenvalue weighted by atomic mass is 10.1. The Bertz CT molecular complexity index is 505. The van der Waals surface area contributed by atoms with Crippen molar-refractivity contribution in [1.82, 2.24) is 5.32 Å². The van der Waals surface area contributed by atoms with Crippen molar-refractivity contribution in [2.45, 2.75) is 6.42 Å². The van der Waals surface area contributed by atoms with E-state index in [1.54, 1.807) is 7.05 Å². The van der Waals surface area contributed by atoms with Crippen molar-refractivity contribution >= 4 is 23.2 Å². The highest BCUT2D eigenvalue weighted by Crippen LogP contribution is 2.24. The molecule has 0 heterocycles. The molecule has 0 aromatic heterocycles. The number of benzene rings is 1. The number of nitrogens with two attached hydrogens (primary N) is 2. The van der Waals surface area contributed by atoms with E-state index < -0.39 is 11.7 Å². The summed E-state index contributed by atoms with van der Waals surface area (Å²) in [5.41, 5.74) is 10.9. The second-order valence-electron chi connectivity index (χ2n) is 4.10. The van der Waals surface area contributed by atoms with Gasteiger partial charge in [0.05, 0.1) is 11.3 Å².